The van der Waals surface area contributed by atoms with E-state index in [9.17, 15) is 18.0 Å². The molecule has 2 rings (SSSR count). The zero-order chi connectivity index (χ0) is 18.6. The van der Waals surface area contributed by atoms with Crippen LogP contribution >= 0.6 is 23.2 Å². The Hall–Kier alpha value is -2.49. The quantitative estimate of drug-likeness (QED) is 0.556. The Bertz CT molecular complexity index is 886. The van der Waals surface area contributed by atoms with Gasteiger partial charge in [0.25, 0.3) is 5.91 Å². The molecule has 1 N–H and O–H groups in total. The first-order chi connectivity index (χ1) is 11.7. The molecule has 25 heavy (non-hydrogen) atoms. The number of hydrogen-bond acceptors (Lipinski definition) is 2. The maximum absolute atomic E-state index is 12.7. The van der Waals surface area contributed by atoms with Gasteiger partial charge < -0.3 is 5.32 Å². The third kappa shape index (κ3) is 4.75. The van der Waals surface area contributed by atoms with Gasteiger partial charge in [-0.2, -0.15) is 18.4 Å². The number of nitrogens with zero attached hydrogens (tertiary/aromatic N) is 1. The summed E-state index contributed by atoms with van der Waals surface area (Å²) in [6, 6.07) is 10.5. The summed E-state index contributed by atoms with van der Waals surface area (Å²) in [5.74, 6) is -0.816. The van der Waals surface area contributed by atoms with Gasteiger partial charge in [0.15, 0.2) is 0 Å². The van der Waals surface area contributed by atoms with E-state index < -0.39 is 17.6 Å². The number of alkyl halides is 3. The maximum atomic E-state index is 12.7. The second-order valence-corrected chi connectivity index (χ2v) is 5.63. The van der Waals surface area contributed by atoms with Gasteiger partial charge in [-0.1, -0.05) is 41.4 Å². The molecule has 0 saturated carbocycles. The predicted molar refractivity (Wildman–Crippen MR) is 90.1 cm³/mol. The average molecular weight is 385 g/mol. The Morgan fingerprint density at radius 2 is 1.84 bits per heavy atom. The molecule has 128 valence electrons. The Labute approximate surface area is 151 Å². The number of benzene rings is 2. The van der Waals surface area contributed by atoms with Gasteiger partial charge in [-0.05, 0) is 35.9 Å². The Morgan fingerprint density at radius 3 is 2.48 bits per heavy atom. The van der Waals surface area contributed by atoms with Crippen LogP contribution < -0.4 is 5.32 Å². The Morgan fingerprint density at radius 1 is 1.16 bits per heavy atom. The lowest BCUT2D eigenvalue weighted by molar-refractivity contribution is -0.137. The summed E-state index contributed by atoms with van der Waals surface area (Å²) in [4.78, 5) is 12.2. The second kappa shape index (κ2) is 7.60. The fourth-order valence-electron chi connectivity index (χ4n) is 1.91. The van der Waals surface area contributed by atoms with Gasteiger partial charge >= 0.3 is 6.18 Å². The zero-order valence-corrected chi connectivity index (χ0v) is 13.9. The van der Waals surface area contributed by atoms with Gasteiger partial charge in [0.2, 0.25) is 0 Å². The molecule has 0 unspecified atom stereocenters. The third-order valence-corrected chi connectivity index (χ3v) is 3.91. The molecule has 1 amide bonds. The molecule has 0 aliphatic heterocycles. The summed E-state index contributed by atoms with van der Waals surface area (Å²) in [5, 5.41) is 11.8. The monoisotopic (exact) mass is 384 g/mol. The van der Waals surface area contributed by atoms with Crippen molar-refractivity contribution in [3.63, 3.8) is 0 Å². The van der Waals surface area contributed by atoms with Crippen LogP contribution in [0.3, 0.4) is 0 Å². The van der Waals surface area contributed by atoms with E-state index in [0.29, 0.717) is 0 Å². The van der Waals surface area contributed by atoms with E-state index in [1.54, 1.807) is 12.1 Å². The molecule has 0 aliphatic rings. The number of nitriles is 1. The van der Waals surface area contributed by atoms with Crippen LogP contribution in [0, 0.1) is 11.3 Å². The molecular formula is C17H9Cl2F3N2O. The van der Waals surface area contributed by atoms with Crippen LogP contribution in [0.1, 0.15) is 11.1 Å². The summed E-state index contributed by atoms with van der Waals surface area (Å²) in [6.07, 6.45) is -3.46. The van der Waals surface area contributed by atoms with Crippen molar-refractivity contribution < 1.29 is 18.0 Å². The standard InChI is InChI=1S/C17H9Cl2F3N2O/c18-13-5-2-6-14(15(13)19)24-16(25)11(9-23)7-10-3-1-4-12(8-10)17(20,21)22/h1-8H,(H,24,25). The lowest BCUT2D eigenvalue weighted by Crippen LogP contribution is -2.14. The third-order valence-electron chi connectivity index (χ3n) is 3.09. The number of anilines is 1. The summed E-state index contributed by atoms with van der Waals surface area (Å²) in [7, 11) is 0. The minimum Gasteiger partial charge on any atom is -0.320 e. The van der Waals surface area contributed by atoms with Crippen molar-refractivity contribution in [2.75, 3.05) is 5.32 Å². The second-order valence-electron chi connectivity index (χ2n) is 4.85. The molecule has 0 spiro atoms. The molecule has 0 bridgehead atoms. The number of nitrogens with one attached hydrogen (secondary N) is 1. The highest BCUT2D eigenvalue weighted by Crippen LogP contribution is 2.31. The van der Waals surface area contributed by atoms with Crippen LogP contribution in [0.2, 0.25) is 10.0 Å². The Balaban J connectivity index is 2.30. The van der Waals surface area contributed by atoms with Crippen molar-refractivity contribution in [3.05, 3.63) is 69.2 Å². The molecule has 2 aromatic rings. The first-order valence-electron chi connectivity index (χ1n) is 6.77. The number of halogens is 5. The highest BCUT2D eigenvalue weighted by atomic mass is 35.5. The van der Waals surface area contributed by atoms with Crippen molar-refractivity contribution >= 4 is 40.9 Å². The summed E-state index contributed by atoms with van der Waals surface area (Å²) in [5.41, 5.74) is -1.00. The predicted octanol–water partition coefficient (Wildman–Crippen LogP) is 5.56. The van der Waals surface area contributed by atoms with Crippen molar-refractivity contribution in [2.45, 2.75) is 6.18 Å². The summed E-state index contributed by atoms with van der Waals surface area (Å²) >= 11 is 11.8. The number of carbonyl (C=O) groups excluding carboxylic acids is 1. The van der Waals surface area contributed by atoms with Crippen LogP contribution in [0.4, 0.5) is 18.9 Å². The molecule has 3 nitrogen and oxygen atoms in total. The lowest BCUT2D eigenvalue weighted by atomic mass is 10.1. The highest BCUT2D eigenvalue weighted by Gasteiger charge is 2.30. The van der Waals surface area contributed by atoms with E-state index >= 15 is 0 Å². The van der Waals surface area contributed by atoms with Crippen molar-refractivity contribution in [1.29, 1.82) is 5.26 Å². The van der Waals surface area contributed by atoms with Crippen LogP contribution in [0.5, 0.6) is 0 Å². The van der Waals surface area contributed by atoms with E-state index in [1.807, 2.05) is 0 Å². The molecule has 0 fully saturated rings. The van der Waals surface area contributed by atoms with E-state index in [2.05, 4.69) is 5.32 Å². The highest BCUT2D eigenvalue weighted by molar-refractivity contribution is 6.44. The van der Waals surface area contributed by atoms with Gasteiger partial charge in [-0.15, -0.1) is 0 Å². The molecule has 0 saturated heterocycles. The zero-order valence-electron chi connectivity index (χ0n) is 12.4. The summed E-state index contributed by atoms with van der Waals surface area (Å²) in [6.45, 7) is 0. The van der Waals surface area contributed by atoms with Gasteiger partial charge in [-0.3, -0.25) is 4.79 Å². The van der Waals surface area contributed by atoms with E-state index in [1.165, 1.54) is 24.3 Å². The first kappa shape index (κ1) is 18.8. The van der Waals surface area contributed by atoms with Crippen LogP contribution in [0.25, 0.3) is 6.08 Å². The fourth-order valence-corrected chi connectivity index (χ4v) is 2.26. The van der Waals surface area contributed by atoms with E-state index in [-0.39, 0.29) is 26.9 Å². The van der Waals surface area contributed by atoms with Crippen molar-refractivity contribution in [3.8, 4) is 6.07 Å². The van der Waals surface area contributed by atoms with E-state index in [4.69, 9.17) is 28.5 Å². The average Bonchev–Trinajstić information content (AvgIpc) is 2.56. The van der Waals surface area contributed by atoms with Crippen molar-refractivity contribution in [2.24, 2.45) is 0 Å². The molecule has 2 aromatic carbocycles. The van der Waals surface area contributed by atoms with Crippen LogP contribution in [-0.4, -0.2) is 5.91 Å². The minimum absolute atomic E-state index is 0.0683. The number of carbonyl (C=O) groups is 1. The van der Waals surface area contributed by atoms with Crippen molar-refractivity contribution in [1.82, 2.24) is 0 Å². The van der Waals surface area contributed by atoms with Gasteiger partial charge in [-0.25, -0.2) is 0 Å². The minimum atomic E-state index is -4.52. The molecule has 0 aromatic heterocycles. The summed E-state index contributed by atoms with van der Waals surface area (Å²) < 4.78 is 38.2. The molecule has 0 aliphatic carbocycles. The molecular weight excluding hydrogens is 376 g/mol. The molecule has 0 heterocycles. The number of amides is 1. The largest absolute Gasteiger partial charge is 0.416 e. The maximum Gasteiger partial charge on any atom is 0.416 e. The Kier molecular flexibility index (Phi) is 5.73. The number of rotatable bonds is 3. The molecule has 0 atom stereocenters. The lowest BCUT2D eigenvalue weighted by Gasteiger charge is -2.08. The normalized spacial score (nSPS) is 11.8. The van der Waals surface area contributed by atoms with Crippen LogP contribution in [-0.2, 0) is 11.0 Å². The topological polar surface area (TPSA) is 52.9 Å². The van der Waals surface area contributed by atoms with Gasteiger partial charge in [0.05, 0.1) is 21.3 Å². The molecule has 0 radical (unpaired) electrons. The van der Waals surface area contributed by atoms with Gasteiger partial charge in [0.1, 0.15) is 11.6 Å². The molecule has 8 heteroatoms. The number of hydrogen-bond donors (Lipinski definition) is 1. The smallest absolute Gasteiger partial charge is 0.320 e. The van der Waals surface area contributed by atoms with Gasteiger partial charge in [0, 0.05) is 0 Å². The first-order valence-corrected chi connectivity index (χ1v) is 7.52. The van der Waals surface area contributed by atoms with E-state index in [0.717, 1.165) is 18.2 Å². The fraction of sp³-hybridized carbons (Fsp3) is 0.0588. The SMILES string of the molecule is N#CC(=Cc1cccc(C(F)(F)F)c1)C(=O)Nc1cccc(Cl)c1Cl. The van der Waals surface area contributed by atoms with Crippen LogP contribution in [0.15, 0.2) is 48.0 Å².